The summed E-state index contributed by atoms with van der Waals surface area (Å²) in [5.41, 5.74) is 4.36. The van der Waals surface area contributed by atoms with E-state index < -0.39 is 0 Å². The van der Waals surface area contributed by atoms with Gasteiger partial charge in [-0.2, -0.15) is 10.2 Å². The van der Waals surface area contributed by atoms with Crippen molar-refractivity contribution in [1.82, 2.24) is 14.8 Å². The summed E-state index contributed by atoms with van der Waals surface area (Å²) in [6, 6.07) is 23.2. The third-order valence-electron chi connectivity index (χ3n) is 5.41. The van der Waals surface area contributed by atoms with E-state index in [2.05, 4.69) is 5.10 Å². The van der Waals surface area contributed by atoms with E-state index in [1.165, 1.54) is 12.1 Å². The second kappa shape index (κ2) is 8.64. The summed E-state index contributed by atoms with van der Waals surface area (Å²) >= 11 is 0. The van der Waals surface area contributed by atoms with Crippen LogP contribution in [0, 0.1) is 0 Å². The Bertz CT molecular complexity index is 1230. The summed E-state index contributed by atoms with van der Waals surface area (Å²) in [7, 11) is 1.50. The quantitative estimate of drug-likeness (QED) is 0.456. The molecule has 0 radical (unpaired) electrons. The lowest BCUT2D eigenvalue weighted by molar-refractivity contribution is -0.136. The summed E-state index contributed by atoms with van der Waals surface area (Å²) in [6.45, 7) is -0.0566. The highest BCUT2D eigenvalue weighted by molar-refractivity contribution is 6.01. The predicted molar refractivity (Wildman–Crippen MR) is 120 cm³/mol. The van der Waals surface area contributed by atoms with Crippen LogP contribution in [0.1, 0.15) is 23.8 Å². The van der Waals surface area contributed by atoms with Crippen LogP contribution in [-0.2, 0) is 9.53 Å². The predicted octanol–water partition coefficient (Wildman–Crippen LogP) is 4.46. The number of furan rings is 1. The lowest BCUT2D eigenvalue weighted by Crippen LogP contribution is -2.30. The van der Waals surface area contributed by atoms with Crippen molar-refractivity contribution >= 4 is 11.6 Å². The molecule has 7 heteroatoms. The van der Waals surface area contributed by atoms with E-state index in [0.717, 1.165) is 28.2 Å². The molecule has 2 aromatic carbocycles. The van der Waals surface area contributed by atoms with Crippen LogP contribution in [-0.4, -0.2) is 40.1 Å². The molecule has 7 nitrogen and oxygen atoms in total. The molecule has 4 aromatic rings. The molecule has 2 aromatic heterocycles. The number of benzene rings is 2. The van der Waals surface area contributed by atoms with E-state index in [4.69, 9.17) is 14.3 Å². The number of hydrazone groups is 1. The van der Waals surface area contributed by atoms with Gasteiger partial charge in [0, 0.05) is 30.9 Å². The SMILES string of the molecule is COCC(=O)N1N=C(c2ccco2)CC1c1cn(-c2ccccc2)nc1-c1ccccc1. The van der Waals surface area contributed by atoms with Gasteiger partial charge in [0.2, 0.25) is 0 Å². The zero-order valence-electron chi connectivity index (χ0n) is 17.6. The van der Waals surface area contributed by atoms with Crippen molar-refractivity contribution in [3.05, 3.63) is 96.6 Å². The molecule has 0 aliphatic carbocycles. The van der Waals surface area contributed by atoms with Gasteiger partial charge in [0.05, 0.1) is 23.7 Å². The Morgan fingerprint density at radius 3 is 2.50 bits per heavy atom. The number of hydrogen-bond donors (Lipinski definition) is 0. The minimum absolute atomic E-state index is 0.0566. The number of amides is 1. The molecular formula is C25H22N4O3. The average molecular weight is 426 g/mol. The highest BCUT2D eigenvalue weighted by Crippen LogP contribution is 2.38. The molecule has 3 heterocycles. The minimum atomic E-state index is -0.328. The zero-order chi connectivity index (χ0) is 21.9. The molecule has 1 amide bonds. The fourth-order valence-electron chi connectivity index (χ4n) is 3.93. The topological polar surface area (TPSA) is 72.9 Å². The third kappa shape index (κ3) is 3.74. The Labute approximate surface area is 185 Å². The molecule has 0 bridgehead atoms. The van der Waals surface area contributed by atoms with Gasteiger partial charge in [-0.05, 0) is 24.3 Å². The number of hydrogen-bond acceptors (Lipinski definition) is 5. The first-order valence-electron chi connectivity index (χ1n) is 10.4. The van der Waals surface area contributed by atoms with Crippen LogP contribution in [0.25, 0.3) is 16.9 Å². The van der Waals surface area contributed by atoms with E-state index in [-0.39, 0.29) is 18.6 Å². The second-order valence-electron chi connectivity index (χ2n) is 7.49. The molecule has 0 saturated carbocycles. The number of carbonyl (C=O) groups is 1. The van der Waals surface area contributed by atoms with Gasteiger partial charge in [-0.15, -0.1) is 0 Å². The molecule has 0 N–H and O–H groups in total. The highest BCUT2D eigenvalue weighted by Gasteiger charge is 2.36. The Morgan fingerprint density at radius 2 is 1.81 bits per heavy atom. The molecule has 0 spiro atoms. The Hall–Kier alpha value is -3.97. The number of carbonyl (C=O) groups excluding carboxylic acids is 1. The number of nitrogens with zero attached hydrogens (tertiary/aromatic N) is 4. The van der Waals surface area contributed by atoms with Crippen LogP contribution in [0.15, 0.2) is 94.8 Å². The summed E-state index contributed by atoms with van der Waals surface area (Å²) in [6.07, 6.45) is 4.11. The van der Waals surface area contributed by atoms with Crippen LogP contribution in [0.2, 0.25) is 0 Å². The average Bonchev–Trinajstić information content (AvgIpc) is 3.59. The smallest absolute Gasteiger partial charge is 0.269 e. The van der Waals surface area contributed by atoms with Gasteiger partial charge >= 0.3 is 0 Å². The first-order chi connectivity index (χ1) is 15.7. The van der Waals surface area contributed by atoms with Gasteiger partial charge in [-0.3, -0.25) is 4.79 Å². The van der Waals surface area contributed by atoms with Gasteiger partial charge in [-0.25, -0.2) is 9.69 Å². The lowest BCUT2D eigenvalue weighted by Gasteiger charge is -2.21. The lowest BCUT2D eigenvalue weighted by atomic mass is 9.98. The molecular weight excluding hydrogens is 404 g/mol. The largest absolute Gasteiger partial charge is 0.463 e. The maximum absolute atomic E-state index is 12.9. The first kappa shape index (κ1) is 20.0. The molecule has 1 aliphatic heterocycles. The zero-order valence-corrected chi connectivity index (χ0v) is 17.6. The van der Waals surface area contributed by atoms with Crippen molar-refractivity contribution in [2.75, 3.05) is 13.7 Å². The van der Waals surface area contributed by atoms with E-state index in [9.17, 15) is 4.79 Å². The number of methoxy groups -OCH3 is 1. The number of ether oxygens (including phenoxy) is 1. The standard InChI is InChI=1S/C25H22N4O3/c1-31-17-24(30)29-22(15-21(26-29)23-13-8-14-32-23)20-16-28(19-11-6-3-7-12-19)27-25(20)18-9-4-2-5-10-18/h2-14,16,22H,15,17H2,1H3. The Kier molecular flexibility index (Phi) is 5.39. The highest BCUT2D eigenvalue weighted by atomic mass is 16.5. The summed E-state index contributed by atoms with van der Waals surface area (Å²) in [5, 5.41) is 11.0. The van der Waals surface area contributed by atoms with Gasteiger partial charge in [0.25, 0.3) is 5.91 Å². The first-order valence-corrected chi connectivity index (χ1v) is 10.4. The summed E-state index contributed by atoms with van der Waals surface area (Å²) < 4.78 is 12.5. The maximum atomic E-state index is 12.9. The molecule has 160 valence electrons. The van der Waals surface area contributed by atoms with Crippen LogP contribution in [0.5, 0.6) is 0 Å². The van der Waals surface area contributed by atoms with Crippen molar-refractivity contribution in [3.8, 4) is 16.9 Å². The normalized spacial score (nSPS) is 15.7. The summed E-state index contributed by atoms with van der Waals surface area (Å²) in [5.74, 6) is 0.435. The van der Waals surface area contributed by atoms with Gasteiger partial charge in [0.1, 0.15) is 18.1 Å². The molecule has 0 fully saturated rings. The van der Waals surface area contributed by atoms with E-state index in [1.54, 1.807) is 6.26 Å². The van der Waals surface area contributed by atoms with Crippen molar-refractivity contribution in [3.63, 3.8) is 0 Å². The number of rotatable bonds is 6. The summed E-state index contributed by atoms with van der Waals surface area (Å²) in [4.78, 5) is 12.9. The molecule has 5 rings (SSSR count). The number of aromatic nitrogens is 2. The fraction of sp³-hybridized carbons (Fsp3) is 0.160. The van der Waals surface area contributed by atoms with Crippen LogP contribution in [0.4, 0.5) is 0 Å². The van der Waals surface area contributed by atoms with Crippen LogP contribution >= 0.6 is 0 Å². The second-order valence-corrected chi connectivity index (χ2v) is 7.49. The van der Waals surface area contributed by atoms with Crippen molar-refractivity contribution < 1.29 is 13.9 Å². The van der Waals surface area contributed by atoms with Crippen molar-refractivity contribution in [2.45, 2.75) is 12.5 Å². The van der Waals surface area contributed by atoms with E-state index in [1.807, 2.05) is 83.7 Å². The Balaban J connectivity index is 1.61. The maximum Gasteiger partial charge on any atom is 0.269 e. The molecule has 32 heavy (non-hydrogen) atoms. The fourth-order valence-corrected chi connectivity index (χ4v) is 3.93. The monoisotopic (exact) mass is 426 g/mol. The minimum Gasteiger partial charge on any atom is -0.463 e. The van der Waals surface area contributed by atoms with Crippen molar-refractivity contribution in [1.29, 1.82) is 0 Å². The van der Waals surface area contributed by atoms with Gasteiger partial charge in [0.15, 0.2) is 0 Å². The van der Waals surface area contributed by atoms with Crippen LogP contribution in [0.3, 0.4) is 0 Å². The van der Waals surface area contributed by atoms with E-state index >= 15 is 0 Å². The number of para-hydroxylation sites is 1. The molecule has 1 aliphatic rings. The van der Waals surface area contributed by atoms with E-state index in [0.29, 0.717) is 12.2 Å². The van der Waals surface area contributed by atoms with Gasteiger partial charge < -0.3 is 9.15 Å². The third-order valence-corrected chi connectivity index (χ3v) is 5.41. The molecule has 1 atom stereocenters. The van der Waals surface area contributed by atoms with Gasteiger partial charge in [-0.1, -0.05) is 48.5 Å². The van der Waals surface area contributed by atoms with Crippen molar-refractivity contribution in [2.24, 2.45) is 5.10 Å². The molecule has 0 saturated heterocycles. The Morgan fingerprint density at radius 1 is 1.06 bits per heavy atom. The molecule has 1 unspecified atom stereocenters. The van der Waals surface area contributed by atoms with Crippen LogP contribution < -0.4 is 0 Å².